The van der Waals surface area contributed by atoms with E-state index < -0.39 is 0 Å². The summed E-state index contributed by atoms with van der Waals surface area (Å²) in [6.07, 6.45) is 1.85. The van der Waals surface area contributed by atoms with Crippen molar-refractivity contribution in [2.45, 2.75) is 0 Å². The highest BCUT2D eigenvalue weighted by Gasteiger charge is 2.19. The third-order valence-corrected chi connectivity index (χ3v) is 10.9. The Morgan fingerprint density at radius 1 is 0.500 bits per heavy atom. The summed E-state index contributed by atoms with van der Waals surface area (Å²) in [7, 11) is 0. The highest BCUT2D eigenvalue weighted by Crippen LogP contribution is 2.41. The molecule has 56 heavy (non-hydrogen) atoms. The van der Waals surface area contributed by atoms with E-state index in [9.17, 15) is 4.39 Å². The molecule has 0 fully saturated rings. The van der Waals surface area contributed by atoms with Crippen molar-refractivity contribution in [1.82, 2.24) is 9.55 Å². The Labute approximate surface area is 321 Å². The molecule has 4 nitrogen and oxygen atoms in total. The number of rotatable bonds is 6. The Morgan fingerprint density at radius 3 is 2.05 bits per heavy atom. The van der Waals surface area contributed by atoms with Gasteiger partial charge < -0.3 is 13.9 Å². The van der Waals surface area contributed by atoms with Crippen LogP contribution in [-0.4, -0.2) is 9.55 Å². The second kappa shape index (κ2) is 12.8. The number of aromatic nitrogens is 2. The molecule has 11 aromatic rings. The Hall–Kier alpha value is -7.50. The summed E-state index contributed by atoms with van der Waals surface area (Å²) in [6, 6.07) is 64.1. The van der Waals surface area contributed by atoms with Gasteiger partial charge in [0.2, 0.25) is 0 Å². The quantitative estimate of drug-likeness (QED) is 0.171. The van der Waals surface area contributed by atoms with Crippen LogP contribution in [0.4, 0.5) is 21.5 Å². The predicted molar refractivity (Wildman–Crippen MR) is 229 cm³/mol. The van der Waals surface area contributed by atoms with Gasteiger partial charge in [0.15, 0.2) is 0 Å². The van der Waals surface area contributed by atoms with Crippen LogP contribution in [0.15, 0.2) is 199 Å². The van der Waals surface area contributed by atoms with E-state index in [0.29, 0.717) is 0 Å². The lowest BCUT2D eigenvalue weighted by Gasteiger charge is -2.26. The van der Waals surface area contributed by atoms with Gasteiger partial charge in [0.1, 0.15) is 17.0 Å². The lowest BCUT2D eigenvalue weighted by molar-refractivity contribution is 0.629. The molecule has 0 spiro atoms. The minimum atomic E-state index is -0.237. The summed E-state index contributed by atoms with van der Waals surface area (Å²) in [6.45, 7) is 0. The van der Waals surface area contributed by atoms with Gasteiger partial charge in [-0.1, -0.05) is 109 Å². The lowest BCUT2D eigenvalue weighted by Crippen LogP contribution is -2.10. The number of fused-ring (bicyclic) bond motifs is 7. The van der Waals surface area contributed by atoms with Crippen LogP contribution in [0, 0.1) is 5.82 Å². The minimum absolute atomic E-state index is 0.237. The summed E-state index contributed by atoms with van der Waals surface area (Å²) < 4.78 is 23.0. The van der Waals surface area contributed by atoms with Crippen LogP contribution in [0.1, 0.15) is 0 Å². The fourth-order valence-corrected chi connectivity index (χ4v) is 8.31. The maximum Gasteiger partial charge on any atom is 0.143 e. The second-order valence-corrected chi connectivity index (χ2v) is 14.1. The van der Waals surface area contributed by atoms with Crippen LogP contribution in [-0.2, 0) is 0 Å². The molecule has 264 valence electrons. The molecular formula is C51H32FN3O. The molecule has 0 saturated heterocycles. The molecule has 0 amide bonds. The number of benzene rings is 8. The van der Waals surface area contributed by atoms with E-state index in [1.807, 2.05) is 42.6 Å². The smallest absolute Gasteiger partial charge is 0.143 e. The monoisotopic (exact) mass is 721 g/mol. The third-order valence-electron chi connectivity index (χ3n) is 10.9. The zero-order chi connectivity index (χ0) is 37.2. The molecule has 0 saturated carbocycles. The number of hydrogen-bond acceptors (Lipinski definition) is 3. The summed E-state index contributed by atoms with van der Waals surface area (Å²) >= 11 is 0. The van der Waals surface area contributed by atoms with Gasteiger partial charge in [0.05, 0.1) is 22.2 Å². The normalized spacial score (nSPS) is 11.7. The molecule has 3 heterocycles. The number of para-hydroxylation sites is 4. The fourth-order valence-electron chi connectivity index (χ4n) is 8.31. The highest BCUT2D eigenvalue weighted by atomic mass is 19.1. The van der Waals surface area contributed by atoms with Gasteiger partial charge in [-0.25, -0.2) is 4.39 Å². The predicted octanol–water partition coefficient (Wildman–Crippen LogP) is 14.2. The maximum atomic E-state index is 14.4. The van der Waals surface area contributed by atoms with E-state index in [4.69, 9.17) is 9.40 Å². The van der Waals surface area contributed by atoms with Crippen LogP contribution >= 0.6 is 0 Å². The maximum absolute atomic E-state index is 14.4. The van der Waals surface area contributed by atoms with Crippen molar-refractivity contribution in [2.75, 3.05) is 4.90 Å². The second-order valence-electron chi connectivity index (χ2n) is 14.1. The van der Waals surface area contributed by atoms with Gasteiger partial charge in [-0.05, 0) is 95.6 Å². The van der Waals surface area contributed by atoms with Crippen LogP contribution in [0.25, 0.3) is 82.6 Å². The molecule has 0 unspecified atom stereocenters. The van der Waals surface area contributed by atoms with Gasteiger partial charge in [-0.3, -0.25) is 4.98 Å². The molecule has 0 aliphatic rings. The van der Waals surface area contributed by atoms with Crippen molar-refractivity contribution >= 4 is 71.7 Å². The first-order valence-corrected chi connectivity index (χ1v) is 18.7. The summed E-state index contributed by atoms with van der Waals surface area (Å²) in [5.74, 6) is -0.237. The zero-order valence-corrected chi connectivity index (χ0v) is 30.1. The van der Waals surface area contributed by atoms with E-state index in [-0.39, 0.29) is 5.82 Å². The van der Waals surface area contributed by atoms with Gasteiger partial charge >= 0.3 is 0 Å². The number of hydrogen-bond donors (Lipinski definition) is 0. The number of furan rings is 1. The number of pyridine rings is 1. The van der Waals surface area contributed by atoms with Crippen LogP contribution in [0.2, 0.25) is 0 Å². The summed E-state index contributed by atoms with van der Waals surface area (Å²) in [5, 5.41) is 5.23. The molecular weight excluding hydrogens is 690 g/mol. The lowest BCUT2D eigenvalue weighted by atomic mass is 10.0. The van der Waals surface area contributed by atoms with E-state index in [1.54, 1.807) is 6.07 Å². The van der Waals surface area contributed by atoms with Gasteiger partial charge in [-0.2, -0.15) is 0 Å². The highest BCUT2D eigenvalue weighted by molar-refractivity contribution is 6.10. The van der Waals surface area contributed by atoms with Crippen LogP contribution < -0.4 is 4.90 Å². The van der Waals surface area contributed by atoms with Crippen molar-refractivity contribution < 1.29 is 8.81 Å². The minimum Gasteiger partial charge on any atom is -0.455 e. The topological polar surface area (TPSA) is 34.2 Å². The third kappa shape index (κ3) is 5.17. The first kappa shape index (κ1) is 32.0. The molecule has 0 radical (unpaired) electrons. The van der Waals surface area contributed by atoms with Gasteiger partial charge in [-0.15, -0.1) is 0 Å². The first-order valence-electron chi connectivity index (χ1n) is 18.7. The van der Waals surface area contributed by atoms with E-state index in [0.717, 1.165) is 99.7 Å². The number of halogens is 1. The Kier molecular flexibility index (Phi) is 7.32. The van der Waals surface area contributed by atoms with Crippen molar-refractivity contribution in [3.8, 4) is 27.9 Å². The molecule has 0 aliphatic heterocycles. The molecule has 0 aliphatic carbocycles. The van der Waals surface area contributed by atoms with E-state index in [2.05, 4.69) is 149 Å². The largest absolute Gasteiger partial charge is 0.455 e. The van der Waals surface area contributed by atoms with Crippen molar-refractivity contribution in [3.05, 3.63) is 200 Å². The van der Waals surface area contributed by atoms with Crippen molar-refractivity contribution in [2.24, 2.45) is 0 Å². The average Bonchev–Trinajstić information content (AvgIpc) is 3.80. The number of nitrogens with zero attached hydrogens (tertiary/aromatic N) is 3. The summed E-state index contributed by atoms with van der Waals surface area (Å²) in [4.78, 5) is 7.12. The standard InChI is InChI=1S/C51H32FN3O/c52-37-24-29-47-45(32-37)42-13-1-3-17-46(42)55(47)40-12-5-10-36(31-40)33-20-25-38(26-21-33)54(48-18-6-9-35-11-8-30-53-50(35)48)39-27-22-34(23-28-39)41-15-7-16-44-43-14-2-4-19-49(43)56-51(41)44/h1-32H. The van der Waals surface area contributed by atoms with Gasteiger partial charge in [0.25, 0.3) is 0 Å². The van der Waals surface area contributed by atoms with Gasteiger partial charge in [0, 0.05) is 55.8 Å². The van der Waals surface area contributed by atoms with Crippen LogP contribution in [0.3, 0.4) is 0 Å². The van der Waals surface area contributed by atoms with Crippen molar-refractivity contribution in [3.63, 3.8) is 0 Å². The number of anilines is 3. The Balaban J connectivity index is 0.998. The zero-order valence-electron chi connectivity index (χ0n) is 30.1. The molecule has 0 atom stereocenters. The molecule has 0 N–H and O–H groups in total. The SMILES string of the molecule is Fc1ccc2c(c1)c1ccccc1n2-c1cccc(-c2ccc(N(c3ccc(-c4cccc5c4oc4ccccc45)cc3)c3cccc4cccnc34)cc2)c1. The molecule has 3 aromatic heterocycles. The van der Waals surface area contributed by atoms with Crippen molar-refractivity contribution in [1.29, 1.82) is 0 Å². The fraction of sp³-hybridized carbons (Fsp3) is 0. The first-order chi connectivity index (χ1) is 27.7. The molecule has 5 heteroatoms. The van der Waals surface area contributed by atoms with E-state index >= 15 is 0 Å². The Bertz CT molecular complexity index is 3260. The Morgan fingerprint density at radius 2 is 1.20 bits per heavy atom. The molecule has 11 rings (SSSR count). The van der Waals surface area contributed by atoms with E-state index in [1.165, 1.54) is 6.07 Å². The molecule has 0 bridgehead atoms. The summed E-state index contributed by atoms with van der Waals surface area (Å²) in [5.41, 5.74) is 13.1. The van der Waals surface area contributed by atoms with Crippen LogP contribution in [0.5, 0.6) is 0 Å². The molecule has 8 aromatic carbocycles. The average molecular weight is 722 g/mol.